The number of aryl methyl sites for hydroxylation is 2. The summed E-state index contributed by atoms with van der Waals surface area (Å²) in [6, 6.07) is 22.6. The molecule has 146 valence electrons. The van der Waals surface area contributed by atoms with Gasteiger partial charge in [0.1, 0.15) is 5.84 Å². The van der Waals surface area contributed by atoms with E-state index < -0.39 is 11.9 Å². The minimum Gasteiger partial charge on any atom is -0.390 e. The van der Waals surface area contributed by atoms with Gasteiger partial charge >= 0.3 is 11.9 Å². The van der Waals surface area contributed by atoms with Crippen LogP contribution in [0.5, 0.6) is 0 Å². The summed E-state index contributed by atoms with van der Waals surface area (Å²) < 4.78 is 4.79. The van der Waals surface area contributed by atoms with E-state index in [4.69, 9.17) is 15.9 Å². The normalized spacial score (nSPS) is 10.4. The van der Waals surface area contributed by atoms with E-state index in [0.717, 1.165) is 35.1 Å². The van der Waals surface area contributed by atoms with Crippen LogP contribution in [0, 0.1) is 5.41 Å². The summed E-state index contributed by atoms with van der Waals surface area (Å²) in [6.07, 6.45) is 1.57. The van der Waals surface area contributed by atoms with Crippen LogP contribution in [-0.2, 0) is 22.4 Å². The maximum Gasteiger partial charge on any atom is 0.346 e. The summed E-state index contributed by atoms with van der Waals surface area (Å²) in [7, 11) is 0. The van der Waals surface area contributed by atoms with E-state index in [1.165, 1.54) is 6.92 Å². The molecule has 0 bridgehead atoms. The molecule has 0 aromatic heterocycles. The molecule has 0 unspecified atom stereocenters. The third kappa shape index (κ3) is 4.96. The largest absolute Gasteiger partial charge is 0.390 e. The summed E-state index contributed by atoms with van der Waals surface area (Å²) >= 11 is 0. The molecular weight excluding hydrogens is 364 g/mol. The molecule has 5 heteroatoms. The molecule has 0 saturated carbocycles. The van der Waals surface area contributed by atoms with Crippen LogP contribution in [0.2, 0.25) is 0 Å². The minimum absolute atomic E-state index is 0.0518. The Balaban J connectivity index is 1.87. The molecule has 3 rings (SSSR count). The number of carbonyl (C=O) groups excluding carboxylic acids is 2. The smallest absolute Gasteiger partial charge is 0.346 e. The Kier molecular flexibility index (Phi) is 6.19. The van der Waals surface area contributed by atoms with Crippen molar-refractivity contribution in [3.63, 3.8) is 0 Å². The molecule has 5 nitrogen and oxygen atoms in total. The fourth-order valence-corrected chi connectivity index (χ4v) is 3.21. The van der Waals surface area contributed by atoms with Crippen LogP contribution in [0.15, 0.2) is 72.8 Å². The number of benzene rings is 3. The zero-order chi connectivity index (χ0) is 20.8. The molecular formula is C24H22N2O3. The van der Waals surface area contributed by atoms with Crippen molar-refractivity contribution in [1.82, 2.24) is 0 Å². The van der Waals surface area contributed by atoms with Crippen molar-refractivity contribution < 1.29 is 14.3 Å². The van der Waals surface area contributed by atoms with E-state index >= 15 is 0 Å². The number of nitrogens with two attached hydrogens (primary N) is 1. The zero-order valence-electron chi connectivity index (χ0n) is 16.1. The number of ether oxygens (including phenoxy) is 1. The Labute approximate surface area is 169 Å². The lowest BCUT2D eigenvalue weighted by atomic mass is 9.92. The van der Waals surface area contributed by atoms with Crippen molar-refractivity contribution in [1.29, 1.82) is 5.41 Å². The van der Waals surface area contributed by atoms with Crippen LogP contribution in [-0.4, -0.2) is 17.8 Å². The molecule has 0 saturated heterocycles. The Morgan fingerprint density at radius 2 is 1.48 bits per heavy atom. The number of rotatable bonds is 6. The van der Waals surface area contributed by atoms with E-state index in [1.807, 2.05) is 60.7 Å². The van der Waals surface area contributed by atoms with Crippen LogP contribution < -0.4 is 5.73 Å². The van der Waals surface area contributed by atoms with Crippen molar-refractivity contribution >= 4 is 17.8 Å². The molecule has 0 aliphatic heterocycles. The number of hydrogen-bond donors (Lipinski definition) is 2. The highest BCUT2D eigenvalue weighted by atomic mass is 16.6. The van der Waals surface area contributed by atoms with Gasteiger partial charge in [-0.15, -0.1) is 0 Å². The number of esters is 2. The first-order chi connectivity index (χ1) is 14.0. The lowest BCUT2D eigenvalue weighted by molar-refractivity contribution is -0.135. The van der Waals surface area contributed by atoms with Gasteiger partial charge < -0.3 is 10.5 Å². The second-order valence-corrected chi connectivity index (χ2v) is 6.69. The summed E-state index contributed by atoms with van der Waals surface area (Å²) in [5.41, 5.74) is 10.5. The molecule has 0 atom stereocenters. The molecule has 29 heavy (non-hydrogen) atoms. The molecule has 0 radical (unpaired) electrons. The van der Waals surface area contributed by atoms with Crippen molar-refractivity contribution in [2.75, 3.05) is 0 Å². The van der Waals surface area contributed by atoms with E-state index in [0.29, 0.717) is 11.1 Å². The third-order valence-corrected chi connectivity index (χ3v) is 4.64. The molecule has 3 aromatic rings. The molecule has 3 N–H and O–H groups in total. The molecule has 0 aliphatic rings. The van der Waals surface area contributed by atoms with E-state index in [-0.39, 0.29) is 5.84 Å². The van der Waals surface area contributed by atoms with Gasteiger partial charge in [-0.1, -0.05) is 66.7 Å². The highest BCUT2D eigenvalue weighted by Gasteiger charge is 2.17. The maximum atomic E-state index is 12.4. The summed E-state index contributed by atoms with van der Waals surface area (Å²) in [5.74, 6) is -1.23. The number of hydrogen-bond acceptors (Lipinski definition) is 4. The fourth-order valence-electron chi connectivity index (χ4n) is 3.21. The Bertz CT molecular complexity index is 1060. The number of amidine groups is 1. The van der Waals surface area contributed by atoms with E-state index in [2.05, 4.69) is 0 Å². The average molecular weight is 386 g/mol. The Hall–Kier alpha value is -3.73. The van der Waals surface area contributed by atoms with Gasteiger partial charge in [-0.2, -0.15) is 0 Å². The van der Waals surface area contributed by atoms with Crippen molar-refractivity contribution in [2.45, 2.75) is 19.8 Å². The number of carbonyl (C=O) groups is 2. The van der Waals surface area contributed by atoms with Crippen LogP contribution in [0.3, 0.4) is 0 Å². The van der Waals surface area contributed by atoms with E-state index in [1.54, 1.807) is 12.1 Å². The summed E-state index contributed by atoms with van der Waals surface area (Å²) in [4.78, 5) is 23.6. The Morgan fingerprint density at radius 3 is 2.14 bits per heavy atom. The maximum absolute atomic E-state index is 12.4. The van der Waals surface area contributed by atoms with Crippen LogP contribution in [0.4, 0.5) is 0 Å². The van der Waals surface area contributed by atoms with Gasteiger partial charge in [0, 0.05) is 12.5 Å². The first-order valence-corrected chi connectivity index (χ1v) is 9.29. The highest BCUT2D eigenvalue weighted by molar-refractivity contribution is 6.02. The monoisotopic (exact) mass is 386 g/mol. The van der Waals surface area contributed by atoms with Gasteiger partial charge in [0.25, 0.3) is 0 Å². The Morgan fingerprint density at radius 1 is 0.862 bits per heavy atom. The van der Waals surface area contributed by atoms with Crippen LogP contribution in [0.25, 0.3) is 11.1 Å². The molecule has 0 amide bonds. The van der Waals surface area contributed by atoms with Crippen LogP contribution >= 0.6 is 0 Å². The van der Waals surface area contributed by atoms with E-state index in [9.17, 15) is 9.59 Å². The summed E-state index contributed by atoms with van der Waals surface area (Å²) in [5, 5.41) is 7.48. The molecule has 0 fully saturated rings. The standard InChI is InChI=1S/C24H22N2O3/c1-16(27)29-24(28)22-9-5-4-8-21(22)20-7-3-2-6-18(20)13-10-17-11-14-19(15-12-17)23(25)26/h2-9,11-12,14-15H,10,13H2,1H3,(H3,25,26). The minimum atomic E-state index is -0.650. The van der Waals surface area contributed by atoms with Gasteiger partial charge in [-0.3, -0.25) is 10.2 Å². The highest BCUT2D eigenvalue weighted by Crippen LogP contribution is 2.28. The van der Waals surface area contributed by atoms with Gasteiger partial charge in [0.15, 0.2) is 0 Å². The number of nitrogen functional groups attached to an aromatic ring is 1. The lowest BCUT2D eigenvalue weighted by Crippen LogP contribution is -2.11. The van der Waals surface area contributed by atoms with Crippen molar-refractivity contribution in [2.24, 2.45) is 5.73 Å². The molecule has 0 heterocycles. The molecule has 0 aliphatic carbocycles. The summed E-state index contributed by atoms with van der Waals surface area (Å²) in [6.45, 7) is 1.21. The van der Waals surface area contributed by atoms with Gasteiger partial charge in [-0.05, 0) is 41.2 Å². The topological polar surface area (TPSA) is 93.2 Å². The predicted molar refractivity (Wildman–Crippen MR) is 113 cm³/mol. The SMILES string of the molecule is CC(=O)OC(=O)c1ccccc1-c1ccccc1CCc1ccc(C(=N)N)cc1. The van der Waals surface area contributed by atoms with Gasteiger partial charge in [0.2, 0.25) is 0 Å². The van der Waals surface area contributed by atoms with Gasteiger partial charge in [-0.25, -0.2) is 4.79 Å². The average Bonchev–Trinajstić information content (AvgIpc) is 2.72. The molecule has 0 spiro atoms. The predicted octanol–water partition coefficient (Wildman–Crippen LogP) is 4.13. The lowest BCUT2D eigenvalue weighted by Gasteiger charge is -2.13. The first-order valence-electron chi connectivity index (χ1n) is 9.29. The van der Waals surface area contributed by atoms with Crippen molar-refractivity contribution in [3.05, 3.63) is 95.1 Å². The zero-order valence-corrected chi connectivity index (χ0v) is 16.1. The quantitative estimate of drug-likeness (QED) is 0.288. The second kappa shape index (κ2) is 8.97. The first kappa shape index (κ1) is 20.0. The third-order valence-electron chi connectivity index (χ3n) is 4.64. The fraction of sp³-hybridized carbons (Fsp3) is 0.125. The second-order valence-electron chi connectivity index (χ2n) is 6.69. The van der Waals surface area contributed by atoms with Crippen molar-refractivity contribution in [3.8, 4) is 11.1 Å². The van der Waals surface area contributed by atoms with Gasteiger partial charge in [0.05, 0.1) is 5.56 Å². The molecule has 3 aromatic carbocycles. The van der Waals surface area contributed by atoms with Crippen LogP contribution in [0.1, 0.15) is 34.0 Å². The number of nitrogens with one attached hydrogen (secondary N) is 1.